The van der Waals surface area contributed by atoms with Gasteiger partial charge in [-0.1, -0.05) is 61.7 Å². The molecule has 0 radical (unpaired) electrons. The van der Waals surface area contributed by atoms with Gasteiger partial charge in [0.15, 0.2) is 23.9 Å². The van der Waals surface area contributed by atoms with E-state index in [1.54, 1.807) is 18.2 Å². The van der Waals surface area contributed by atoms with Gasteiger partial charge in [-0.2, -0.15) is 0 Å². The van der Waals surface area contributed by atoms with Crippen LogP contribution in [0.4, 0.5) is 0 Å². The third-order valence-electron chi connectivity index (χ3n) is 7.54. The number of ether oxygens (including phenoxy) is 4. The van der Waals surface area contributed by atoms with Gasteiger partial charge in [-0.25, -0.2) is 9.78 Å². The van der Waals surface area contributed by atoms with E-state index >= 15 is 0 Å². The van der Waals surface area contributed by atoms with Crippen LogP contribution in [0.1, 0.15) is 64.3 Å². The topological polar surface area (TPSA) is 84.0 Å². The molecule has 0 spiro atoms. The Kier molecular flexibility index (Phi) is 8.29. The number of nitrogens with zero attached hydrogens (tertiary/aromatic N) is 1. The number of hydrogen-bond acceptors (Lipinski definition) is 7. The minimum atomic E-state index is -0.598. The van der Waals surface area contributed by atoms with E-state index < -0.39 is 5.97 Å². The number of aromatic nitrogens is 1. The maximum atomic E-state index is 13.3. The first-order valence-corrected chi connectivity index (χ1v) is 13.5. The average Bonchev–Trinajstić information content (AvgIpc) is 3.02. The summed E-state index contributed by atoms with van der Waals surface area (Å²) in [4.78, 5) is 31.0. The summed E-state index contributed by atoms with van der Waals surface area (Å²) in [5.41, 5.74) is 3.93. The molecule has 7 heteroatoms. The van der Waals surface area contributed by atoms with Crippen LogP contribution in [0.25, 0.3) is 22.2 Å². The monoisotopic (exact) mass is 539 g/mol. The third kappa shape index (κ3) is 5.64. The van der Waals surface area contributed by atoms with Crippen LogP contribution in [0, 0.1) is 0 Å². The molecule has 206 valence electrons. The van der Waals surface area contributed by atoms with Gasteiger partial charge < -0.3 is 18.9 Å². The number of carbonyl (C=O) groups is 2. The molecule has 1 fully saturated rings. The second kappa shape index (κ2) is 12.2. The fourth-order valence-corrected chi connectivity index (χ4v) is 5.39. The Morgan fingerprint density at radius 2 is 1.50 bits per heavy atom. The van der Waals surface area contributed by atoms with Crippen molar-refractivity contribution in [1.82, 2.24) is 4.98 Å². The molecule has 1 aromatic heterocycles. The van der Waals surface area contributed by atoms with E-state index in [0.717, 1.165) is 0 Å². The van der Waals surface area contributed by atoms with Gasteiger partial charge >= 0.3 is 5.97 Å². The van der Waals surface area contributed by atoms with E-state index in [2.05, 4.69) is 0 Å². The van der Waals surface area contributed by atoms with Crippen LogP contribution in [0.3, 0.4) is 0 Å². The predicted octanol–water partition coefficient (Wildman–Crippen LogP) is 7.02. The highest BCUT2D eigenvalue weighted by Gasteiger charge is 2.20. The first-order chi connectivity index (χ1) is 19.5. The Morgan fingerprint density at radius 3 is 2.15 bits per heavy atom. The van der Waals surface area contributed by atoms with Crippen molar-refractivity contribution in [3.63, 3.8) is 0 Å². The SMILES string of the molecule is COc1cc(-c2cc(C(=O)OCC(=O)c3ccc(C4CCCCC4)cc3)c3ccccc3n2)cc(OC)c1OC. The van der Waals surface area contributed by atoms with Gasteiger partial charge in [-0.3, -0.25) is 4.79 Å². The first-order valence-electron chi connectivity index (χ1n) is 13.5. The van der Waals surface area contributed by atoms with Crippen LogP contribution >= 0.6 is 0 Å². The zero-order valence-electron chi connectivity index (χ0n) is 23.1. The molecule has 7 nitrogen and oxygen atoms in total. The van der Waals surface area contributed by atoms with Crippen molar-refractivity contribution >= 4 is 22.7 Å². The van der Waals surface area contributed by atoms with E-state index in [4.69, 9.17) is 23.9 Å². The summed E-state index contributed by atoms with van der Waals surface area (Å²) in [5.74, 6) is 1.12. The Labute approximate surface area is 234 Å². The molecule has 40 heavy (non-hydrogen) atoms. The van der Waals surface area contributed by atoms with Crippen LogP contribution in [-0.4, -0.2) is 44.7 Å². The molecule has 1 aliphatic carbocycles. The number of hydrogen-bond donors (Lipinski definition) is 0. The molecular weight excluding hydrogens is 506 g/mol. The number of rotatable bonds is 9. The minimum Gasteiger partial charge on any atom is -0.493 e. The number of fused-ring (bicyclic) bond motifs is 1. The predicted molar refractivity (Wildman–Crippen MR) is 154 cm³/mol. The maximum absolute atomic E-state index is 13.3. The molecular formula is C33H33NO6. The van der Waals surface area contributed by atoms with Crippen molar-refractivity contribution in [3.8, 4) is 28.5 Å². The molecule has 0 bridgehead atoms. The van der Waals surface area contributed by atoms with Gasteiger partial charge in [0.1, 0.15) is 0 Å². The summed E-state index contributed by atoms with van der Waals surface area (Å²) in [6.07, 6.45) is 6.21. The zero-order chi connectivity index (χ0) is 28.1. The van der Waals surface area contributed by atoms with Gasteiger partial charge in [-0.05, 0) is 48.6 Å². The molecule has 0 saturated heterocycles. The number of Topliss-reactive ketones (excluding diaryl/α,β-unsaturated/α-hetero) is 1. The highest BCUT2D eigenvalue weighted by atomic mass is 16.5. The Hall–Kier alpha value is -4.39. The van der Waals surface area contributed by atoms with Gasteiger partial charge in [0.2, 0.25) is 5.75 Å². The van der Waals surface area contributed by atoms with Crippen molar-refractivity contribution in [3.05, 3.63) is 83.4 Å². The largest absolute Gasteiger partial charge is 0.493 e. The lowest BCUT2D eigenvalue weighted by Gasteiger charge is -2.22. The molecule has 5 rings (SSSR count). The van der Waals surface area contributed by atoms with E-state index in [1.807, 2.05) is 48.5 Å². The summed E-state index contributed by atoms with van der Waals surface area (Å²) in [6.45, 7) is -0.349. The molecule has 0 amide bonds. The standard InChI is InChI=1S/C33H33NO6/c1-37-30-17-24(18-31(38-2)32(30)39-3)28-19-26(25-11-7-8-12-27(25)34-28)33(36)40-20-29(35)23-15-13-22(14-16-23)21-9-5-4-6-10-21/h7-8,11-19,21H,4-6,9-10,20H2,1-3H3. The number of esters is 1. The van der Waals surface area contributed by atoms with E-state index in [-0.39, 0.29) is 12.4 Å². The lowest BCUT2D eigenvalue weighted by Crippen LogP contribution is -2.15. The molecule has 1 aliphatic rings. The second-order valence-corrected chi connectivity index (χ2v) is 9.94. The van der Waals surface area contributed by atoms with Crippen molar-refractivity contribution in [2.45, 2.75) is 38.0 Å². The van der Waals surface area contributed by atoms with Gasteiger partial charge in [0, 0.05) is 16.5 Å². The summed E-state index contributed by atoms with van der Waals surface area (Å²) in [6, 6.07) is 20.3. The van der Waals surface area contributed by atoms with Crippen molar-refractivity contribution in [2.24, 2.45) is 0 Å². The Morgan fingerprint density at radius 1 is 0.825 bits per heavy atom. The molecule has 0 N–H and O–H groups in total. The van der Waals surface area contributed by atoms with Crippen LogP contribution in [-0.2, 0) is 4.74 Å². The third-order valence-corrected chi connectivity index (χ3v) is 7.54. The van der Waals surface area contributed by atoms with Crippen molar-refractivity contribution in [1.29, 1.82) is 0 Å². The molecule has 0 atom stereocenters. The van der Waals surface area contributed by atoms with Crippen molar-refractivity contribution < 1.29 is 28.5 Å². The smallest absolute Gasteiger partial charge is 0.339 e. The van der Waals surface area contributed by atoms with E-state index in [9.17, 15) is 9.59 Å². The highest BCUT2D eigenvalue weighted by Crippen LogP contribution is 2.41. The molecule has 1 saturated carbocycles. The lowest BCUT2D eigenvalue weighted by atomic mass is 9.84. The lowest BCUT2D eigenvalue weighted by molar-refractivity contribution is 0.0476. The molecule has 0 unspecified atom stereocenters. The molecule has 4 aromatic rings. The summed E-state index contributed by atoms with van der Waals surface area (Å²) in [5, 5.41) is 0.632. The number of para-hydroxylation sites is 1. The van der Waals surface area contributed by atoms with E-state index in [0.29, 0.717) is 56.5 Å². The number of benzene rings is 3. The molecule has 3 aromatic carbocycles. The first kappa shape index (κ1) is 27.2. The highest BCUT2D eigenvalue weighted by molar-refractivity contribution is 6.06. The fourth-order valence-electron chi connectivity index (χ4n) is 5.39. The quantitative estimate of drug-likeness (QED) is 0.167. The summed E-state index contributed by atoms with van der Waals surface area (Å²) in [7, 11) is 4.62. The fraction of sp³-hybridized carbons (Fsp3) is 0.303. The number of pyridine rings is 1. The number of carbonyl (C=O) groups excluding carboxylic acids is 2. The molecule has 1 heterocycles. The second-order valence-electron chi connectivity index (χ2n) is 9.94. The number of methoxy groups -OCH3 is 3. The van der Waals surface area contributed by atoms with Gasteiger partial charge in [0.25, 0.3) is 0 Å². The number of ketones is 1. The van der Waals surface area contributed by atoms with Crippen LogP contribution in [0.15, 0.2) is 66.7 Å². The van der Waals surface area contributed by atoms with Crippen LogP contribution in [0.2, 0.25) is 0 Å². The van der Waals surface area contributed by atoms with Crippen LogP contribution < -0.4 is 14.2 Å². The van der Waals surface area contributed by atoms with Crippen molar-refractivity contribution in [2.75, 3.05) is 27.9 Å². The summed E-state index contributed by atoms with van der Waals surface area (Å²) >= 11 is 0. The maximum Gasteiger partial charge on any atom is 0.339 e. The average molecular weight is 540 g/mol. The Bertz CT molecular complexity index is 1500. The Balaban J connectivity index is 1.39. The normalized spacial score (nSPS) is 13.6. The minimum absolute atomic E-state index is 0.244. The summed E-state index contributed by atoms with van der Waals surface area (Å²) < 4.78 is 21.9. The zero-order valence-corrected chi connectivity index (χ0v) is 23.1. The molecule has 0 aliphatic heterocycles. The van der Waals surface area contributed by atoms with Gasteiger partial charge in [-0.15, -0.1) is 0 Å². The van der Waals surface area contributed by atoms with E-state index in [1.165, 1.54) is 59.0 Å². The van der Waals surface area contributed by atoms with Crippen LogP contribution in [0.5, 0.6) is 17.2 Å². The van der Waals surface area contributed by atoms with Gasteiger partial charge in [0.05, 0.1) is 38.1 Å².